The van der Waals surface area contributed by atoms with Gasteiger partial charge in [-0.2, -0.15) is 5.10 Å². The van der Waals surface area contributed by atoms with E-state index in [-0.39, 0.29) is 36.8 Å². The van der Waals surface area contributed by atoms with Crippen molar-refractivity contribution >= 4 is 40.3 Å². The van der Waals surface area contributed by atoms with E-state index < -0.39 is 17.6 Å². The predicted molar refractivity (Wildman–Crippen MR) is 145 cm³/mol. The Hall–Kier alpha value is -4.41. The van der Waals surface area contributed by atoms with Crippen LogP contribution in [0.3, 0.4) is 0 Å². The summed E-state index contributed by atoms with van der Waals surface area (Å²) in [5, 5.41) is 8.33. The summed E-state index contributed by atoms with van der Waals surface area (Å²) in [6.07, 6.45) is 5.17. The van der Waals surface area contributed by atoms with Crippen molar-refractivity contribution in [1.29, 1.82) is 0 Å². The molecule has 2 fully saturated rings. The summed E-state index contributed by atoms with van der Waals surface area (Å²) < 4.78 is 13.6. The van der Waals surface area contributed by atoms with Gasteiger partial charge in [-0.3, -0.25) is 29.3 Å². The molecule has 2 aromatic carbocycles. The van der Waals surface area contributed by atoms with Crippen molar-refractivity contribution in [3.63, 3.8) is 0 Å². The molecule has 0 spiro atoms. The summed E-state index contributed by atoms with van der Waals surface area (Å²) in [7, 11) is 0. The van der Waals surface area contributed by atoms with E-state index in [1.165, 1.54) is 4.90 Å². The van der Waals surface area contributed by atoms with E-state index in [9.17, 15) is 19.2 Å². The number of rotatable bonds is 4. The first-order chi connectivity index (χ1) is 19.1. The molecule has 0 aliphatic carbocycles. The van der Waals surface area contributed by atoms with Crippen LogP contribution in [0.4, 0.5) is 10.5 Å². The zero-order chi connectivity index (χ0) is 28.2. The maximum Gasteiger partial charge on any atom is 0.410 e. The molecule has 11 nitrogen and oxygen atoms in total. The summed E-state index contributed by atoms with van der Waals surface area (Å²) in [6, 6.07) is 8.38. The molecule has 1 aromatic heterocycles. The number of ether oxygens (including phenoxy) is 2. The van der Waals surface area contributed by atoms with Crippen LogP contribution in [0.15, 0.2) is 42.7 Å². The van der Waals surface area contributed by atoms with Crippen molar-refractivity contribution in [2.75, 3.05) is 18.0 Å². The van der Waals surface area contributed by atoms with Gasteiger partial charge in [-0.05, 0) is 58.2 Å². The van der Waals surface area contributed by atoms with Gasteiger partial charge in [0.05, 0.1) is 24.1 Å². The summed E-state index contributed by atoms with van der Waals surface area (Å²) in [6.45, 7) is 6.75. The van der Waals surface area contributed by atoms with Gasteiger partial charge in [0, 0.05) is 35.8 Å². The third-order valence-corrected chi connectivity index (χ3v) is 7.51. The van der Waals surface area contributed by atoms with Crippen molar-refractivity contribution < 1.29 is 28.7 Å². The molecule has 1 N–H and O–H groups in total. The Morgan fingerprint density at radius 2 is 1.82 bits per heavy atom. The van der Waals surface area contributed by atoms with Crippen molar-refractivity contribution in [2.45, 2.75) is 64.1 Å². The quantitative estimate of drug-likeness (QED) is 0.488. The van der Waals surface area contributed by atoms with Crippen molar-refractivity contribution in [2.24, 2.45) is 0 Å². The third kappa shape index (κ3) is 4.65. The molecule has 2 saturated heterocycles. The highest BCUT2D eigenvalue weighted by atomic mass is 16.6. The molecule has 6 rings (SSSR count). The molecule has 208 valence electrons. The number of benzene rings is 2. The van der Waals surface area contributed by atoms with Gasteiger partial charge in [0.25, 0.3) is 5.91 Å². The van der Waals surface area contributed by atoms with Gasteiger partial charge < -0.3 is 14.4 Å². The first kappa shape index (κ1) is 25.8. The lowest BCUT2D eigenvalue weighted by Gasteiger charge is -2.33. The molecule has 11 heteroatoms. The number of aromatic nitrogens is 2. The number of nitrogens with zero attached hydrogens (tertiary/aromatic N) is 4. The second-order valence-corrected chi connectivity index (χ2v) is 11.4. The zero-order valence-electron chi connectivity index (χ0n) is 22.7. The number of nitrogens with one attached hydrogen (secondary N) is 1. The van der Waals surface area contributed by atoms with Gasteiger partial charge in [0.1, 0.15) is 17.4 Å². The molecular formula is C29H31N5O6. The predicted octanol–water partition coefficient (Wildman–Crippen LogP) is 4.17. The fourth-order valence-electron chi connectivity index (χ4n) is 5.65. The highest BCUT2D eigenvalue weighted by Crippen LogP contribution is 2.44. The Balaban J connectivity index is 1.19. The number of imide groups is 1. The number of amides is 4. The monoisotopic (exact) mass is 545 g/mol. The van der Waals surface area contributed by atoms with Gasteiger partial charge in [-0.15, -0.1) is 0 Å². The third-order valence-electron chi connectivity index (χ3n) is 7.51. The number of anilines is 1. The largest absolute Gasteiger partial charge is 0.453 e. The van der Waals surface area contributed by atoms with Gasteiger partial charge in [0.2, 0.25) is 11.8 Å². The highest BCUT2D eigenvalue weighted by Gasteiger charge is 2.41. The first-order valence-electron chi connectivity index (χ1n) is 13.5. The minimum Gasteiger partial charge on any atom is -0.453 e. The molecular weight excluding hydrogens is 514 g/mol. The molecule has 3 aliphatic heterocycles. The van der Waals surface area contributed by atoms with Gasteiger partial charge in [-0.1, -0.05) is 12.1 Å². The first-order valence-corrected chi connectivity index (χ1v) is 13.5. The van der Waals surface area contributed by atoms with E-state index in [4.69, 9.17) is 9.47 Å². The Kier molecular flexibility index (Phi) is 6.24. The number of hydrogen-bond acceptors (Lipinski definition) is 7. The van der Waals surface area contributed by atoms with E-state index >= 15 is 0 Å². The summed E-state index contributed by atoms with van der Waals surface area (Å²) in [5.74, 6) is 0.0703. The van der Waals surface area contributed by atoms with Crippen LogP contribution < -0.4 is 15.0 Å². The van der Waals surface area contributed by atoms with Gasteiger partial charge in [-0.25, -0.2) is 4.79 Å². The SMILES string of the molecule is CC(C)(C)OC(=O)N1CCC(n2cc(Oc3ccc4c5c(cccc35)C(=O)N4C3CCC(=O)NC3=O)cn2)CC1. The second kappa shape index (κ2) is 9.65. The van der Waals surface area contributed by atoms with E-state index in [0.29, 0.717) is 35.8 Å². The fraction of sp³-hybridized carbons (Fsp3) is 0.414. The van der Waals surface area contributed by atoms with Crippen LogP contribution >= 0.6 is 0 Å². The van der Waals surface area contributed by atoms with E-state index in [1.807, 2.05) is 37.7 Å². The van der Waals surface area contributed by atoms with Crippen LogP contribution in [0.1, 0.15) is 62.9 Å². The van der Waals surface area contributed by atoms with E-state index in [0.717, 1.165) is 23.6 Å². The minimum absolute atomic E-state index is 0.128. The molecule has 1 atom stereocenters. The van der Waals surface area contributed by atoms with Crippen LogP contribution in [0.5, 0.6) is 11.5 Å². The minimum atomic E-state index is -0.743. The maximum atomic E-state index is 13.4. The van der Waals surface area contributed by atoms with Crippen LogP contribution in [0.2, 0.25) is 0 Å². The fourth-order valence-corrected chi connectivity index (χ4v) is 5.65. The Bertz CT molecular complexity index is 1530. The second-order valence-electron chi connectivity index (χ2n) is 11.4. The zero-order valence-corrected chi connectivity index (χ0v) is 22.7. The van der Waals surface area contributed by atoms with Crippen molar-refractivity contribution in [3.05, 3.63) is 48.3 Å². The summed E-state index contributed by atoms with van der Waals surface area (Å²) in [5.41, 5.74) is 0.598. The molecule has 0 saturated carbocycles. The lowest BCUT2D eigenvalue weighted by atomic mass is 10.0. The molecule has 1 unspecified atom stereocenters. The van der Waals surface area contributed by atoms with Crippen LogP contribution in [-0.2, 0) is 14.3 Å². The van der Waals surface area contributed by atoms with Crippen molar-refractivity contribution in [3.8, 4) is 11.5 Å². The molecule has 4 heterocycles. The topological polar surface area (TPSA) is 123 Å². The Morgan fingerprint density at radius 3 is 2.55 bits per heavy atom. The van der Waals surface area contributed by atoms with Crippen LogP contribution in [-0.4, -0.2) is 63.2 Å². The average molecular weight is 546 g/mol. The number of carbonyl (C=O) groups excluding carboxylic acids is 4. The van der Waals surface area contributed by atoms with Gasteiger partial charge >= 0.3 is 6.09 Å². The van der Waals surface area contributed by atoms with Crippen LogP contribution in [0, 0.1) is 0 Å². The van der Waals surface area contributed by atoms with Crippen molar-refractivity contribution in [1.82, 2.24) is 20.0 Å². The standard InChI is InChI=1S/C29H31N5O6/c1-29(2,3)40-28(38)32-13-11-17(12-14-32)33-16-18(15-30-33)39-23-9-7-21-25-19(23)5-4-6-20(25)27(37)34(21)22-8-10-24(35)31-26(22)36/h4-7,9,15-17,22H,8,10-14H2,1-3H3,(H,31,35,36). The summed E-state index contributed by atoms with van der Waals surface area (Å²) in [4.78, 5) is 53.2. The number of hydrogen-bond donors (Lipinski definition) is 1. The number of carbonyl (C=O) groups is 4. The van der Waals surface area contributed by atoms with E-state index in [2.05, 4.69) is 10.4 Å². The van der Waals surface area contributed by atoms with Gasteiger partial charge in [0.15, 0.2) is 5.75 Å². The normalized spacial score (nSPS) is 19.8. The maximum absolute atomic E-state index is 13.4. The molecule has 3 aliphatic rings. The molecule has 3 aromatic rings. The highest BCUT2D eigenvalue weighted by molar-refractivity contribution is 6.27. The summed E-state index contributed by atoms with van der Waals surface area (Å²) >= 11 is 0. The molecule has 0 radical (unpaired) electrons. The Morgan fingerprint density at radius 1 is 1.05 bits per heavy atom. The lowest BCUT2D eigenvalue weighted by Crippen LogP contribution is -2.53. The molecule has 40 heavy (non-hydrogen) atoms. The lowest BCUT2D eigenvalue weighted by molar-refractivity contribution is -0.134. The number of piperidine rings is 2. The smallest absolute Gasteiger partial charge is 0.410 e. The van der Waals surface area contributed by atoms with Crippen LogP contribution in [0.25, 0.3) is 10.8 Å². The molecule has 0 bridgehead atoms. The van der Waals surface area contributed by atoms with E-state index in [1.54, 1.807) is 35.4 Å². The number of likely N-dealkylation sites (tertiary alicyclic amines) is 1. The Labute approximate surface area is 231 Å². The molecule has 4 amide bonds. The average Bonchev–Trinajstić information content (AvgIpc) is 3.49.